The summed E-state index contributed by atoms with van der Waals surface area (Å²) in [6.07, 6.45) is 0. The first-order chi connectivity index (χ1) is 10.5. The lowest BCUT2D eigenvalue weighted by Crippen LogP contribution is -2.18. The van der Waals surface area contributed by atoms with Crippen LogP contribution in [0.2, 0.25) is 5.02 Å². The summed E-state index contributed by atoms with van der Waals surface area (Å²) in [6, 6.07) is 12.3. The van der Waals surface area contributed by atoms with Crippen molar-refractivity contribution in [3.8, 4) is 11.5 Å². The molecule has 3 rings (SSSR count). The van der Waals surface area contributed by atoms with Crippen LogP contribution in [0.5, 0.6) is 11.5 Å². The number of hydrogen-bond acceptors (Lipinski definition) is 4. The van der Waals surface area contributed by atoms with Crippen LogP contribution >= 0.6 is 22.9 Å². The maximum absolute atomic E-state index is 11.9. The van der Waals surface area contributed by atoms with Gasteiger partial charge in [0.15, 0.2) is 0 Å². The van der Waals surface area contributed by atoms with Crippen molar-refractivity contribution in [3.63, 3.8) is 0 Å². The van der Waals surface area contributed by atoms with Crippen LogP contribution in [0.25, 0.3) is 10.2 Å². The molecule has 3 aromatic rings. The van der Waals surface area contributed by atoms with E-state index in [0.29, 0.717) is 26.7 Å². The van der Waals surface area contributed by atoms with Gasteiger partial charge in [0.05, 0.1) is 15.2 Å². The number of carboxylic acid groups (broad SMARTS) is 1. The van der Waals surface area contributed by atoms with Crippen molar-refractivity contribution in [2.24, 2.45) is 0 Å². The Kier molecular flexibility index (Phi) is 3.87. The van der Waals surface area contributed by atoms with Gasteiger partial charge in [-0.3, -0.25) is 14.2 Å². The zero-order chi connectivity index (χ0) is 15.7. The lowest BCUT2D eigenvalue weighted by molar-refractivity contribution is -0.137. The molecule has 112 valence electrons. The van der Waals surface area contributed by atoms with E-state index in [1.807, 2.05) is 18.2 Å². The second kappa shape index (κ2) is 5.82. The minimum atomic E-state index is -1.08. The van der Waals surface area contributed by atoms with E-state index in [-0.39, 0.29) is 4.87 Å². The molecule has 0 saturated heterocycles. The van der Waals surface area contributed by atoms with Gasteiger partial charge in [-0.1, -0.05) is 41.1 Å². The molecule has 5 nitrogen and oxygen atoms in total. The van der Waals surface area contributed by atoms with Gasteiger partial charge in [-0.15, -0.1) is 0 Å². The molecule has 0 saturated carbocycles. The Hall–Kier alpha value is -2.31. The van der Waals surface area contributed by atoms with Crippen LogP contribution in [0.15, 0.2) is 47.3 Å². The fourth-order valence-electron chi connectivity index (χ4n) is 2.04. The number of fused-ring (bicyclic) bond motifs is 1. The predicted molar refractivity (Wildman–Crippen MR) is 85.2 cm³/mol. The molecule has 0 aliphatic rings. The van der Waals surface area contributed by atoms with Crippen LogP contribution in [0.1, 0.15) is 0 Å². The SMILES string of the molecule is O=C(O)Cn1c(=O)sc2cc(Oc3ccccc3)c(Cl)cc21. The summed E-state index contributed by atoms with van der Waals surface area (Å²) in [5.74, 6) is -0.0345. The highest BCUT2D eigenvalue weighted by Crippen LogP contribution is 2.34. The monoisotopic (exact) mass is 335 g/mol. The second-order valence-electron chi connectivity index (χ2n) is 4.51. The van der Waals surface area contributed by atoms with E-state index in [1.165, 1.54) is 4.57 Å². The van der Waals surface area contributed by atoms with Crippen LogP contribution in [0, 0.1) is 0 Å². The maximum Gasteiger partial charge on any atom is 0.323 e. The van der Waals surface area contributed by atoms with E-state index >= 15 is 0 Å². The number of aromatic nitrogens is 1. The first-order valence-electron chi connectivity index (χ1n) is 6.32. The van der Waals surface area contributed by atoms with Gasteiger partial charge in [0.25, 0.3) is 0 Å². The minimum Gasteiger partial charge on any atom is -0.480 e. The maximum atomic E-state index is 11.9. The van der Waals surface area contributed by atoms with Gasteiger partial charge in [-0.2, -0.15) is 0 Å². The first kappa shape index (κ1) is 14.6. The normalized spacial score (nSPS) is 10.8. The molecule has 22 heavy (non-hydrogen) atoms. The number of para-hydroxylation sites is 1. The van der Waals surface area contributed by atoms with Gasteiger partial charge in [0.1, 0.15) is 18.0 Å². The largest absolute Gasteiger partial charge is 0.480 e. The molecule has 1 N–H and O–H groups in total. The molecule has 1 aromatic heterocycles. The van der Waals surface area contributed by atoms with Crippen LogP contribution in [-0.2, 0) is 11.3 Å². The fraction of sp³-hybridized carbons (Fsp3) is 0.0667. The van der Waals surface area contributed by atoms with Crippen LogP contribution in [0.3, 0.4) is 0 Å². The quantitative estimate of drug-likeness (QED) is 0.791. The van der Waals surface area contributed by atoms with Crippen LogP contribution < -0.4 is 9.61 Å². The number of hydrogen-bond donors (Lipinski definition) is 1. The minimum absolute atomic E-state index is 0.313. The van der Waals surface area contributed by atoms with Crippen molar-refractivity contribution in [2.75, 3.05) is 0 Å². The zero-order valence-electron chi connectivity index (χ0n) is 11.2. The Morgan fingerprint density at radius 3 is 2.68 bits per heavy atom. The molecule has 0 aliphatic carbocycles. The van der Waals surface area contributed by atoms with Crippen LogP contribution in [-0.4, -0.2) is 15.6 Å². The van der Waals surface area contributed by atoms with E-state index < -0.39 is 12.5 Å². The number of carboxylic acids is 1. The van der Waals surface area contributed by atoms with E-state index in [4.69, 9.17) is 21.4 Å². The lowest BCUT2D eigenvalue weighted by Gasteiger charge is -2.08. The van der Waals surface area contributed by atoms with Crippen molar-refractivity contribution >= 4 is 39.1 Å². The van der Waals surface area contributed by atoms with Gasteiger partial charge in [-0.05, 0) is 18.2 Å². The number of aliphatic carboxylic acids is 1. The van der Waals surface area contributed by atoms with E-state index in [9.17, 15) is 9.59 Å². The molecule has 0 aliphatic heterocycles. The Labute approximate surface area is 134 Å². The molecular formula is C15H10ClNO4S. The molecule has 0 radical (unpaired) electrons. The number of ether oxygens (including phenoxy) is 1. The summed E-state index contributed by atoms with van der Waals surface area (Å²) < 4.78 is 7.50. The first-order valence-corrected chi connectivity index (χ1v) is 7.51. The third-order valence-corrected chi connectivity index (χ3v) is 4.22. The van der Waals surface area contributed by atoms with Gasteiger partial charge in [0.2, 0.25) is 0 Å². The van der Waals surface area contributed by atoms with Gasteiger partial charge in [-0.25, -0.2) is 0 Å². The third-order valence-electron chi connectivity index (χ3n) is 2.99. The highest BCUT2D eigenvalue weighted by Gasteiger charge is 2.14. The predicted octanol–water partition coefficient (Wildman–Crippen LogP) is 3.59. The average molecular weight is 336 g/mol. The number of benzene rings is 2. The zero-order valence-corrected chi connectivity index (χ0v) is 12.7. The number of nitrogens with zero attached hydrogens (tertiary/aromatic N) is 1. The summed E-state index contributed by atoms with van der Waals surface area (Å²) in [5, 5.41) is 9.19. The Bertz CT molecular complexity index is 901. The van der Waals surface area contributed by atoms with E-state index in [1.54, 1.807) is 24.3 Å². The van der Waals surface area contributed by atoms with E-state index in [0.717, 1.165) is 11.3 Å². The van der Waals surface area contributed by atoms with Crippen molar-refractivity contribution in [1.29, 1.82) is 0 Å². The topological polar surface area (TPSA) is 68.5 Å². The van der Waals surface area contributed by atoms with Crippen molar-refractivity contribution in [2.45, 2.75) is 6.54 Å². The standard InChI is InChI=1S/C15H10ClNO4S/c16-10-6-11-13(22-15(20)17(11)8-14(18)19)7-12(10)21-9-4-2-1-3-5-9/h1-7H,8H2,(H,18,19). The summed E-state index contributed by atoms with van der Waals surface area (Å²) in [4.78, 5) is 22.4. The highest BCUT2D eigenvalue weighted by molar-refractivity contribution is 7.16. The van der Waals surface area contributed by atoms with Gasteiger partial charge in [0, 0.05) is 6.07 Å². The molecular weight excluding hydrogens is 326 g/mol. The summed E-state index contributed by atoms with van der Waals surface area (Å²) in [7, 11) is 0. The Balaban J connectivity index is 2.06. The molecule has 0 atom stereocenters. The average Bonchev–Trinajstić information content (AvgIpc) is 2.76. The lowest BCUT2D eigenvalue weighted by atomic mass is 10.3. The molecule has 1 heterocycles. The summed E-state index contributed by atoms with van der Waals surface area (Å²) >= 11 is 7.15. The molecule has 0 unspecified atom stereocenters. The molecule has 7 heteroatoms. The van der Waals surface area contributed by atoms with Crippen molar-refractivity contribution in [1.82, 2.24) is 4.57 Å². The van der Waals surface area contributed by atoms with Gasteiger partial charge >= 0.3 is 10.8 Å². The summed E-state index contributed by atoms with van der Waals surface area (Å²) in [6.45, 7) is -0.395. The molecule has 0 fully saturated rings. The number of halogens is 1. The number of thiazole rings is 1. The Morgan fingerprint density at radius 1 is 1.27 bits per heavy atom. The number of carbonyl (C=O) groups is 1. The van der Waals surface area contributed by atoms with Gasteiger partial charge < -0.3 is 9.84 Å². The molecule has 0 bridgehead atoms. The third kappa shape index (κ3) is 2.84. The van der Waals surface area contributed by atoms with Crippen LogP contribution in [0.4, 0.5) is 0 Å². The number of rotatable bonds is 4. The Morgan fingerprint density at radius 2 is 2.00 bits per heavy atom. The summed E-state index contributed by atoms with van der Waals surface area (Å²) in [5.41, 5.74) is 0.489. The second-order valence-corrected chi connectivity index (χ2v) is 5.91. The highest BCUT2D eigenvalue weighted by atomic mass is 35.5. The molecule has 0 spiro atoms. The molecule has 2 aromatic carbocycles. The molecule has 0 amide bonds. The van der Waals surface area contributed by atoms with E-state index in [2.05, 4.69) is 0 Å². The fourth-order valence-corrected chi connectivity index (χ4v) is 3.14. The smallest absolute Gasteiger partial charge is 0.323 e. The van der Waals surface area contributed by atoms with Crippen molar-refractivity contribution < 1.29 is 14.6 Å². The van der Waals surface area contributed by atoms with Crippen molar-refractivity contribution in [3.05, 3.63) is 57.2 Å².